The van der Waals surface area contributed by atoms with Crippen LogP contribution in [0.15, 0.2) is 78.9 Å². The van der Waals surface area contributed by atoms with Crippen LogP contribution in [0, 0.1) is 13.8 Å². The minimum absolute atomic E-state index is 0.0207. The summed E-state index contributed by atoms with van der Waals surface area (Å²) in [6.07, 6.45) is 0.959. The highest BCUT2D eigenvalue weighted by Crippen LogP contribution is 2.26. The Bertz CT molecular complexity index is 1220. The van der Waals surface area contributed by atoms with Gasteiger partial charge in [0, 0.05) is 24.9 Å². The number of carbonyl (C=O) groups excluding carboxylic acids is 1. The van der Waals surface area contributed by atoms with E-state index in [2.05, 4.69) is 61.6 Å². The average Bonchev–Trinajstić information content (AvgIpc) is 3.26. The summed E-state index contributed by atoms with van der Waals surface area (Å²) in [7, 11) is 1.66. The molecule has 0 saturated heterocycles. The van der Waals surface area contributed by atoms with Crippen molar-refractivity contribution in [2.24, 2.45) is 0 Å². The quantitative estimate of drug-likeness (QED) is 0.399. The first-order valence-electron chi connectivity index (χ1n) is 11.1. The van der Waals surface area contributed by atoms with E-state index in [9.17, 15) is 4.79 Å². The predicted molar refractivity (Wildman–Crippen MR) is 132 cm³/mol. The highest BCUT2D eigenvalue weighted by Gasteiger charge is 2.13. The molecule has 4 aromatic rings. The van der Waals surface area contributed by atoms with E-state index in [1.165, 1.54) is 11.1 Å². The molecule has 5 heteroatoms. The number of aryl methyl sites for hydroxylation is 3. The fourth-order valence-electron chi connectivity index (χ4n) is 3.76. The lowest BCUT2D eigenvalue weighted by molar-refractivity contribution is -0.121. The van der Waals surface area contributed by atoms with Crippen LogP contribution in [0.5, 0.6) is 5.75 Å². The summed E-state index contributed by atoms with van der Waals surface area (Å²) in [6.45, 7) is 4.66. The molecule has 1 aromatic heterocycles. The SMILES string of the molecule is COc1ccc(-n2nc(CCC(=O)NCc3cccc(C)c3)cc2-c2ccc(C)cc2)cc1. The van der Waals surface area contributed by atoms with Crippen LogP contribution in [-0.2, 0) is 17.8 Å². The van der Waals surface area contributed by atoms with Crippen LogP contribution >= 0.6 is 0 Å². The highest BCUT2D eigenvalue weighted by atomic mass is 16.5. The molecule has 0 bridgehead atoms. The van der Waals surface area contributed by atoms with Gasteiger partial charge in [-0.3, -0.25) is 4.79 Å². The van der Waals surface area contributed by atoms with Crippen LogP contribution in [0.4, 0.5) is 0 Å². The van der Waals surface area contributed by atoms with Crippen molar-refractivity contribution in [3.05, 3.63) is 101 Å². The van der Waals surface area contributed by atoms with E-state index in [1.54, 1.807) is 7.11 Å². The molecule has 1 heterocycles. The summed E-state index contributed by atoms with van der Waals surface area (Å²) >= 11 is 0. The Hall–Kier alpha value is -3.86. The minimum atomic E-state index is 0.0207. The second-order valence-electron chi connectivity index (χ2n) is 8.26. The summed E-state index contributed by atoms with van der Waals surface area (Å²) in [4.78, 5) is 12.5. The molecule has 0 atom stereocenters. The molecule has 0 aliphatic rings. The third-order valence-electron chi connectivity index (χ3n) is 5.60. The fourth-order valence-corrected chi connectivity index (χ4v) is 3.76. The molecule has 0 fully saturated rings. The lowest BCUT2D eigenvalue weighted by atomic mass is 10.1. The lowest BCUT2D eigenvalue weighted by Gasteiger charge is -2.09. The van der Waals surface area contributed by atoms with E-state index in [0.29, 0.717) is 19.4 Å². The first-order valence-corrected chi connectivity index (χ1v) is 11.1. The number of methoxy groups -OCH3 is 1. The summed E-state index contributed by atoms with van der Waals surface area (Å²) < 4.78 is 7.23. The first-order chi connectivity index (χ1) is 16.0. The Morgan fingerprint density at radius 2 is 1.70 bits per heavy atom. The second-order valence-corrected chi connectivity index (χ2v) is 8.26. The maximum Gasteiger partial charge on any atom is 0.220 e. The molecule has 0 unspecified atom stereocenters. The number of hydrogen-bond acceptors (Lipinski definition) is 3. The Balaban J connectivity index is 1.50. The number of nitrogens with zero attached hydrogens (tertiary/aromatic N) is 2. The van der Waals surface area contributed by atoms with Gasteiger partial charge in [-0.15, -0.1) is 0 Å². The van der Waals surface area contributed by atoms with Crippen molar-refractivity contribution >= 4 is 5.91 Å². The van der Waals surface area contributed by atoms with Gasteiger partial charge < -0.3 is 10.1 Å². The van der Waals surface area contributed by atoms with Crippen LogP contribution in [0.1, 0.15) is 28.8 Å². The maximum atomic E-state index is 12.5. The average molecular weight is 440 g/mol. The number of hydrogen-bond donors (Lipinski definition) is 1. The molecular formula is C28H29N3O2. The number of amides is 1. The van der Waals surface area contributed by atoms with Gasteiger partial charge in [0.2, 0.25) is 5.91 Å². The normalized spacial score (nSPS) is 10.8. The van der Waals surface area contributed by atoms with Crippen LogP contribution < -0.4 is 10.1 Å². The van der Waals surface area contributed by atoms with Crippen molar-refractivity contribution in [1.82, 2.24) is 15.1 Å². The van der Waals surface area contributed by atoms with Crippen LogP contribution in [0.3, 0.4) is 0 Å². The van der Waals surface area contributed by atoms with Crippen LogP contribution in [-0.4, -0.2) is 22.8 Å². The zero-order chi connectivity index (χ0) is 23.2. The van der Waals surface area contributed by atoms with Gasteiger partial charge in [-0.2, -0.15) is 5.10 Å². The predicted octanol–water partition coefficient (Wildman–Crippen LogP) is 5.41. The lowest BCUT2D eigenvalue weighted by Crippen LogP contribution is -2.23. The standard InChI is InChI=1S/C28H29N3O2/c1-20-7-9-23(10-8-20)27-18-24(30-31(27)25-12-14-26(33-3)15-13-25)11-16-28(32)29-19-22-6-4-5-21(2)17-22/h4-10,12-15,17-18H,11,16,19H2,1-3H3,(H,29,32). The molecule has 5 nitrogen and oxygen atoms in total. The third-order valence-corrected chi connectivity index (χ3v) is 5.60. The van der Waals surface area contributed by atoms with Gasteiger partial charge in [-0.25, -0.2) is 4.68 Å². The number of nitrogens with one attached hydrogen (secondary N) is 1. The summed E-state index contributed by atoms with van der Waals surface area (Å²) in [5, 5.41) is 7.85. The molecule has 1 amide bonds. The van der Waals surface area contributed by atoms with Gasteiger partial charge >= 0.3 is 0 Å². The smallest absolute Gasteiger partial charge is 0.220 e. The molecule has 0 spiro atoms. The van der Waals surface area contributed by atoms with Gasteiger partial charge in [0.1, 0.15) is 5.75 Å². The molecule has 0 aliphatic carbocycles. The van der Waals surface area contributed by atoms with Gasteiger partial charge in [0.25, 0.3) is 0 Å². The molecule has 4 rings (SSSR count). The third kappa shape index (κ3) is 5.69. The van der Waals surface area contributed by atoms with Crippen LogP contribution in [0.2, 0.25) is 0 Å². The van der Waals surface area contributed by atoms with Crippen LogP contribution in [0.25, 0.3) is 16.9 Å². The summed E-state index contributed by atoms with van der Waals surface area (Å²) in [6, 6.07) is 26.5. The zero-order valence-electron chi connectivity index (χ0n) is 19.3. The monoisotopic (exact) mass is 439 g/mol. The Morgan fingerprint density at radius 3 is 2.39 bits per heavy atom. The first kappa shape index (κ1) is 22.3. The highest BCUT2D eigenvalue weighted by molar-refractivity contribution is 5.76. The van der Waals surface area contributed by atoms with Crippen molar-refractivity contribution in [2.75, 3.05) is 7.11 Å². The van der Waals surface area contributed by atoms with E-state index >= 15 is 0 Å². The molecule has 0 aliphatic heterocycles. The summed E-state index contributed by atoms with van der Waals surface area (Å²) in [5.74, 6) is 0.820. The van der Waals surface area contributed by atoms with E-state index < -0.39 is 0 Å². The Morgan fingerprint density at radius 1 is 0.939 bits per heavy atom. The van der Waals surface area contributed by atoms with Crippen molar-refractivity contribution in [1.29, 1.82) is 0 Å². The number of rotatable bonds is 8. The molecule has 0 radical (unpaired) electrons. The molecule has 3 aromatic carbocycles. The fraction of sp³-hybridized carbons (Fsp3) is 0.214. The Labute approximate surface area is 195 Å². The van der Waals surface area contributed by atoms with Crippen molar-refractivity contribution in [2.45, 2.75) is 33.2 Å². The largest absolute Gasteiger partial charge is 0.497 e. The van der Waals surface area contributed by atoms with Crippen molar-refractivity contribution in [3.8, 4) is 22.7 Å². The van der Waals surface area contributed by atoms with Gasteiger partial charge in [-0.05, 0) is 49.7 Å². The molecular weight excluding hydrogens is 410 g/mol. The number of aromatic nitrogens is 2. The van der Waals surface area contributed by atoms with E-state index in [0.717, 1.165) is 34.0 Å². The molecule has 0 saturated carbocycles. The van der Waals surface area contributed by atoms with Gasteiger partial charge in [-0.1, -0.05) is 59.7 Å². The minimum Gasteiger partial charge on any atom is -0.497 e. The Kier molecular flexibility index (Phi) is 6.89. The topological polar surface area (TPSA) is 56.2 Å². The molecule has 1 N–H and O–H groups in total. The molecule has 33 heavy (non-hydrogen) atoms. The second kappa shape index (κ2) is 10.2. The zero-order valence-corrected chi connectivity index (χ0v) is 19.3. The number of ether oxygens (including phenoxy) is 1. The van der Waals surface area contributed by atoms with Gasteiger partial charge in [0.05, 0.1) is 24.2 Å². The maximum absolute atomic E-state index is 12.5. The van der Waals surface area contributed by atoms with E-state index in [4.69, 9.17) is 9.84 Å². The molecule has 168 valence electrons. The van der Waals surface area contributed by atoms with E-state index in [-0.39, 0.29) is 5.91 Å². The van der Waals surface area contributed by atoms with Crippen molar-refractivity contribution in [3.63, 3.8) is 0 Å². The number of benzene rings is 3. The number of carbonyl (C=O) groups is 1. The van der Waals surface area contributed by atoms with Gasteiger partial charge in [0.15, 0.2) is 0 Å². The summed E-state index contributed by atoms with van der Waals surface area (Å²) in [5.41, 5.74) is 7.41. The van der Waals surface area contributed by atoms with Crippen molar-refractivity contribution < 1.29 is 9.53 Å². The van der Waals surface area contributed by atoms with E-state index in [1.807, 2.05) is 41.1 Å².